The van der Waals surface area contributed by atoms with E-state index in [-0.39, 0.29) is 0 Å². The van der Waals surface area contributed by atoms with Gasteiger partial charge in [0.25, 0.3) is 0 Å². The van der Waals surface area contributed by atoms with Gasteiger partial charge in [-0.15, -0.1) is 0 Å². The van der Waals surface area contributed by atoms with Gasteiger partial charge in [0, 0.05) is 19.3 Å². The molecular formula is C10H15N3. The lowest BCUT2D eigenvalue weighted by Crippen LogP contribution is -2.30. The molecule has 0 atom stereocenters. The zero-order chi connectivity index (χ0) is 9.42. The van der Waals surface area contributed by atoms with Gasteiger partial charge in [-0.25, -0.2) is 4.98 Å². The van der Waals surface area contributed by atoms with Gasteiger partial charge in [-0.2, -0.15) is 0 Å². The largest absolute Gasteiger partial charge is 0.332 e. The van der Waals surface area contributed by atoms with E-state index in [0.717, 1.165) is 36.7 Å². The SMILES string of the molecule is C=C(C)c1cn2c(n1)CN(C)CC2. The van der Waals surface area contributed by atoms with Crippen molar-refractivity contribution in [2.45, 2.75) is 20.0 Å². The van der Waals surface area contributed by atoms with Crippen LogP contribution >= 0.6 is 0 Å². The van der Waals surface area contributed by atoms with Gasteiger partial charge >= 0.3 is 0 Å². The molecule has 0 spiro atoms. The summed E-state index contributed by atoms with van der Waals surface area (Å²) in [7, 11) is 2.12. The van der Waals surface area contributed by atoms with E-state index in [1.807, 2.05) is 6.92 Å². The Hall–Kier alpha value is -1.09. The summed E-state index contributed by atoms with van der Waals surface area (Å²) in [5, 5.41) is 0. The highest BCUT2D eigenvalue weighted by Gasteiger charge is 2.15. The Kier molecular flexibility index (Phi) is 1.96. The number of hydrogen-bond donors (Lipinski definition) is 0. The van der Waals surface area contributed by atoms with E-state index in [2.05, 4.69) is 34.3 Å². The molecule has 1 aliphatic rings. The Morgan fingerprint density at radius 3 is 3.00 bits per heavy atom. The van der Waals surface area contributed by atoms with Crippen LogP contribution in [0.5, 0.6) is 0 Å². The van der Waals surface area contributed by atoms with Crippen molar-refractivity contribution < 1.29 is 0 Å². The number of nitrogens with zero attached hydrogens (tertiary/aromatic N) is 3. The highest BCUT2D eigenvalue weighted by Crippen LogP contribution is 2.15. The molecule has 0 unspecified atom stereocenters. The van der Waals surface area contributed by atoms with Crippen LogP contribution in [-0.4, -0.2) is 28.0 Å². The molecule has 2 rings (SSSR count). The van der Waals surface area contributed by atoms with Gasteiger partial charge in [-0.1, -0.05) is 6.58 Å². The monoisotopic (exact) mass is 177 g/mol. The first-order chi connectivity index (χ1) is 6.16. The lowest BCUT2D eigenvalue weighted by molar-refractivity contribution is 0.264. The van der Waals surface area contributed by atoms with Gasteiger partial charge in [0.2, 0.25) is 0 Å². The molecule has 2 heterocycles. The normalized spacial score (nSPS) is 17.1. The van der Waals surface area contributed by atoms with Crippen molar-refractivity contribution in [3.63, 3.8) is 0 Å². The third-order valence-corrected chi connectivity index (χ3v) is 2.43. The van der Waals surface area contributed by atoms with Crippen LogP contribution < -0.4 is 0 Å². The Morgan fingerprint density at radius 2 is 2.31 bits per heavy atom. The van der Waals surface area contributed by atoms with Crippen LogP contribution in [0.25, 0.3) is 5.57 Å². The minimum atomic E-state index is 0.952. The highest BCUT2D eigenvalue weighted by molar-refractivity contribution is 5.57. The van der Waals surface area contributed by atoms with Gasteiger partial charge in [0.1, 0.15) is 5.82 Å². The number of fused-ring (bicyclic) bond motifs is 1. The summed E-state index contributed by atoms with van der Waals surface area (Å²) < 4.78 is 2.23. The first-order valence-electron chi connectivity index (χ1n) is 4.57. The van der Waals surface area contributed by atoms with E-state index in [9.17, 15) is 0 Å². The van der Waals surface area contributed by atoms with Crippen molar-refractivity contribution in [3.8, 4) is 0 Å². The summed E-state index contributed by atoms with van der Waals surface area (Å²) in [6.07, 6.45) is 2.10. The highest BCUT2D eigenvalue weighted by atomic mass is 15.2. The predicted molar refractivity (Wildman–Crippen MR) is 53.3 cm³/mol. The number of allylic oxidation sites excluding steroid dienone is 1. The van der Waals surface area contributed by atoms with Crippen molar-refractivity contribution in [1.82, 2.24) is 14.5 Å². The van der Waals surface area contributed by atoms with Crippen LogP contribution in [0.1, 0.15) is 18.4 Å². The quantitative estimate of drug-likeness (QED) is 0.646. The summed E-state index contributed by atoms with van der Waals surface area (Å²) in [6.45, 7) is 9.01. The second-order valence-electron chi connectivity index (χ2n) is 3.75. The van der Waals surface area contributed by atoms with Crippen LogP contribution in [-0.2, 0) is 13.1 Å². The molecule has 0 saturated heterocycles. The fraction of sp³-hybridized carbons (Fsp3) is 0.500. The second kappa shape index (κ2) is 3.00. The Balaban J connectivity index is 2.33. The summed E-state index contributed by atoms with van der Waals surface area (Å²) in [5.74, 6) is 1.16. The van der Waals surface area contributed by atoms with E-state index in [1.54, 1.807) is 0 Å². The topological polar surface area (TPSA) is 21.1 Å². The van der Waals surface area contributed by atoms with Crippen LogP contribution in [0.15, 0.2) is 12.8 Å². The maximum Gasteiger partial charge on any atom is 0.123 e. The fourth-order valence-corrected chi connectivity index (χ4v) is 1.58. The number of imidazole rings is 1. The maximum absolute atomic E-state index is 4.52. The average molecular weight is 177 g/mol. The number of aromatic nitrogens is 2. The van der Waals surface area contributed by atoms with E-state index < -0.39 is 0 Å². The molecule has 13 heavy (non-hydrogen) atoms. The van der Waals surface area contributed by atoms with E-state index in [0.29, 0.717) is 0 Å². The second-order valence-corrected chi connectivity index (χ2v) is 3.75. The molecule has 0 fully saturated rings. The minimum absolute atomic E-state index is 0.952. The average Bonchev–Trinajstić information content (AvgIpc) is 2.46. The van der Waals surface area contributed by atoms with Crippen LogP contribution in [0.4, 0.5) is 0 Å². The molecule has 0 bridgehead atoms. The lowest BCUT2D eigenvalue weighted by Gasteiger charge is -2.22. The van der Waals surface area contributed by atoms with Crippen molar-refractivity contribution in [1.29, 1.82) is 0 Å². The molecule has 0 amide bonds. The van der Waals surface area contributed by atoms with Gasteiger partial charge in [0.15, 0.2) is 0 Å². The van der Waals surface area contributed by atoms with Crippen molar-refractivity contribution in [3.05, 3.63) is 24.3 Å². The molecule has 70 valence electrons. The smallest absolute Gasteiger partial charge is 0.123 e. The molecule has 0 radical (unpaired) electrons. The third-order valence-electron chi connectivity index (χ3n) is 2.43. The zero-order valence-corrected chi connectivity index (χ0v) is 8.25. The molecular weight excluding hydrogens is 162 g/mol. The first kappa shape index (κ1) is 8.51. The van der Waals surface area contributed by atoms with Crippen molar-refractivity contribution in [2.24, 2.45) is 0 Å². The van der Waals surface area contributed by atoms with Gasteiger partial charge in [-0.05, 0) is 19.5 Å². The predicted octanol–water partition coefficient (Wildman–Crippen LogP) is 1.36. The molecule has 1 aliphatic heterocycles. The standard InChI is InChI=1S/C10H15N3/c1-8(2)9-6-13-5-4-12(3)7-10(13)11-9/h6H,1,4-5,7H2,2-3H3. The van der Waals surface area contributed by atoms with E-state index >= 15 is 0 Å². The molecule has 3 nitrogen and oxygen atoms in total. The molecule has 0 N–H and O–H groups in total. The minimum Gasteiger partial charge on any atom is -0.332 e. The first-order valence-corrected chi connectivity index (χ1v) is 4.57. The fourth-order valence-electron chi connectivity index (χ4n) is 1.58. The lowest BCUT2D eigenvalue weighted by atomic mass is 10.3. The van der Waals surface area contributed by atoms with Crippen LogP contribution in [0, 0.1) is 0 Å². The van der Waals surface area contributed by atoms with Crippen LogP contribution in [0.2, 0.25) is 0 Å². The summed E-state index contributed by atoms with van der Waals surface area (Å²) in [6, 6.07) is 0. The molecule has 0 aliphatic carbocycles. The summed E-state index contributed by atoms with van der Waals surface area (Å²) in [4.78, 5) is 6.80. The van der Waals surface area contributed by atoms with Crippen molar-refractivity contribution in [2.75, 3.05) is 13.6 Å². The Morgan fingerprint density at radius 1 is 1.54 bits per heavy atom. The Bertz CT molecular complexity index is 338. The summed E-state index contributed by atoms with van der Waals surface area (Å²) >= 11 is 0. The molecule has 3 heteroatoms. The molecule has 0 saturated carbocycles. The van der Waals surface area contributed by atoms with E-state index in [4.69, 9.17) is 0 Å². The number of likely N-dealkylation sites (N-methyl/N-ethyl adjacent to an activating group) is 1. The van der Waals surface area contributed by atoms with E-state index in [1.165, 1.54) is 0 Å². The molecule has 0 aromatic carbocycles. The van der Waals surface area contributed by atoms with Crippen LogP contribution in [0.3, 0.4) is 0 Å². The molecule has 1 aromatic heterocycles. The maximum atomic E-state index is 4.52. The van der Waals surface area contributed by atoms with Crippen molar-refractivity contribution >= 4 is 5.57 Å². The summed E-state index contributed by atoms with van der Waals surface area (Å²) in [5.41, 5.74) is 2.08. The number of rotatable bonds is 1. The number of hydrogen-bond acceptors (Lipinski definition) is 2. The zero-order valence-electron chi connectivity index (χ0n) is 8.25. The van der Waals surface area contributed by atoms with Gasteiger partial charge in [0.05, 0.1) is 12.2 Å². The Labute approximate surface area is 78.7 Å². The van der Waals surface area contributed by atoms with Gasteiger partial charge < -0.3 is 4.57 Å². The molecule has 1 aromatic rings. The third kappa shape index (κ3) is 1.52. The van der Waals surface area contributed by atoms with Gasteiger partial charge in [-0.3, -0.25) is 4.90 Å².